The predicted molar refractivity (Wildman–Crippen MR) is 64.7 cm³/mol. The molecule has 2 atom stereocenters. The van der Waals surface area contributed by atoms with Gasteiger partial charge in [-0.25, -0.2) is 9.59 Å². The van der Waals surface area contributed by atoms with Crippen LogP contribution in [-0.2, 0) is 14.3 Å². The van der Waals surface area contributed by atoms with Gasteiger partial charge in [0, 0.05) is 6.54 Å². The lowest BCUT2D eigenvalue weighted by Gasteiger charge is -2.36. The summed E-state index contributed by atoms with van der Waals surface area (Å²) in [6.45, 7) is 4.86. The van der Waals surface area contributed by atoms with Crippen molar-refractivity contribution in [2.24, 2.45) is 5.92 Å². The van der Waals surface area contributed by atoms with Gasteiger partial charge in [0.2, 0.25) is 0 Å². The highest BCUT2D eigenvalue weighted by atomic mass is 16.6. The lowest BCUT2D eigenvalue weighted by molar-refractivity contribution is -0.151. The van der Waals surface area contributed by atoms with Gasteiger partial charge in [-0.2, -0.15) is 0 Å². The number of hydrogen-bond acceptors (Lipinski definition) is 4. The SMILES string of the molecule is CC(C)(C)OC(=O)N1C[C@@H](C(=O)O)CC[C@H]1C(=O)O. The van der Waals surface area contributed by atoms with Crippen LogP contribution in [0, 0.1) is 5.92 Å². The van der Waals surface area contributed by atoms with Crippen LogP contribution in [-0.4, -0.2) is 51.3 Å². The number of carboxylic acids is 2. The number of carboxylic acid groups (broad SMARTS) is 2. The minimum atomic E-state index is -1.14. The van der Waals surface area contributed by atoms with E-state index >= 15 is 0 Å². The van der Waals surface area contributed by atoms with E-state index in [0.717, 1.165) is 4.90 Å². The van der Waals surface area contributed by atoms with Crippen LogP contribution in [0.2, 0.25) is 0 Å². The summed E-state index contributed by atoms with van der Waals surface area (Å²) in [6, 6.07) is -1.02. The van der Waals surface area contributed by atoms with Crippen LogP contribution < -0.4 is 0 Å². The number of aliphatic carboxylic acids is 2. The quantitative estimate of drug-likeness (QED) is 0.782. The Morgan fingerprint density at radius 2 is 1.68 bits per heavy atom. The molecule has 0 unspecified atom stereocenters. The minimum Gasteiger partial charge on any atom is -0.481 e. The largest absolute Gasteiger partial charge is 0.481 e. The van der Waals surface area contributed by atoms with E-state index in [1.165, 1.54) is 0 Å². The van der Waals surface area contributed by atoms with Crippen molar-refractivity contribution in [3.8, 4) is 0 Å². The van der Waals surface area contributed by atoms with Gasteiger partial charge in [0.1, 0.15) is 11.6 Å². The van der Waals surface area contributed by atoms with Crippen molar-refractivity contribution >= 4 is 18.0 Å². The Kier molecular flexibility index (Phi) is 4.39. The number of rotatable bonds is 2. The summed E-state index contributed by atoms with van der Waals surface area (Å²) in [5, 5.41) is 18.1. The standard InChI is InChI=1S/C12H19NO6/c1-12(2,3)19-11(18)13-6-7(9(14)15)4-5-8(13)10(16)17/h7-8H,4-6H2,1-3H3,(H,14,15)(H,16,17)/t7-,8-/m0/s1. The fraction of sp³-hybridized carbons (Fsp3) is 0.750. The molecule has 7 heteroatoms. The molecule has 0 aliphatic carbocycles. The van der Waals surface area contributed by atoms with Crippen LogP contribution >= 0.6 is 0 Å². The number of ether oxygens (including phenoxy) is 1. The van der Waals surface area contributed by atoms with E-state index in [-0.39, 0.29) is 19.4 Å². The molecule has 0 aromatic rings. The van der Waals surface area contributed by atoms with Gasteiger partial charge < -0.3 is 14.9 Å². The van der Waals surface area contributed by atoms with Gasteiger partial charge in [-0.1, -0.05) is 0 Å². The van der Waals surface area contributed by atoms with Gasteiger partial charge in [-0.3, -0.25) is 9.69 Å². The van der Waals surface area contributed by atoms with Crippen LogP contribution in [0.15, 0.2) is 0 Å². The third kappa shape index (κ3) is 4.11. The highest BCUT2D eigenvalue weighted by Crippen LogP contribution is 2.24. The van der Waals surface area contributed by atoms with Crippen molar-refractivity contribution < 1.29 is 29.3 Å². The summed E-state index contributed by atoms with van der Waals surface area (Å²) in [5.41, 5.74) is -0.754. The molecule has 0 aromatic heterocycles. The van der Waals surface area contributed by atoms with E-state index in [1.54, 1.807) is 20.8 Å². The fourth-order valence-electron chi connectivity index (χ4n) is 1.95. The van der Waals surface area contributed by atoms with E-state index < -0.39 is 35.6 Å². The van der Waals surface area contributed by atoms with E-state index in [9.17, 15) is 14.4 Å². The zero-order valence-electron chi connectivity index (χ0n) is 11.3. The highest BCUT2D eigenvalue weighted by molar-refractivity contribution is 5.81. The number of piperidine rings is 1. The molecule has 1 rings (SSSR count). The van der Waals surface area contributed by atoms with E-state index in [2.05, 4.69) is 0 Å². The second-order valence-corrected chi connectivity index (χ2v) is 5.60. The summed E-state index contributed by atoms with van der Waals surface area (Å²) in [7, 11) is 0. The second-order valence-electron chi connectivity index (χ2n) is 5.60. The molecule has 1 heterocycles. The lowest BCUT2D eigenvalue weighted by atomic mass is 9.93. The first-order valence-corrected chi connectivity index (χ1v) is 6.07. The van der Waals surface area contributed by atoms with Gasteiger partial charge >= 0.3 is 18.0 Å². The molecule has 0 bridgehead atoms. The highest BCUT2D eigenvalue weighted by Gasteiger charge is 2.40. The lowest BCUT2D eigenvalue weighted by Crippen LogP contribution is -2.53. The van der Waals surface area contributed by atoms with Gasteiger partial charge in [0.05, 0.1) is 5.92 Å². The summed E-state index contributed by atoms with van der Waals surface area (Å²) in [5.74, 6) is -2.92. The number of nitrogens with zero attached hydrogens (tertiary/aromatic N) is 1. The van der Waals surface area contributed by atoms with Crippen LogP contribution in [0.5, 0.6) is 0 Å². The molecule has 108 valence electrons. The molecule has 1 fully saturated rings. The average molecular weight is 273 g/mol. The Morgan fingerprint density at radius 3 is 2.11 bits per heavy atom. The van der Waals surface area contributed by atoms with Crippen molar-refractivity contribution in [3.05, 3.63) is 0 Å². The summed E-state index contributed by atoms with van der Waals surface area (Å²) < 4.78 is 5.12. The maximum atomic E-state index is 11.9. The normalized spacial score (nSPS) is 23.8. The van der Waals surface area contributed by atoms with Crippen LogP contribution in [0.1, 0.15) is 33.6 Å². The van der Waals surface area contributed by atoms with Gasteiger partial charge in [-0.05, 0) is 33.6 Å². The minimum absolute atomic E-state index is 0.117. The Hall–Kier alpha value is -1.79. The van der Waals surface area contributed by atoms with E-state index in [1.807, 2.05) is 0 Å². The first-order valence-electron chi connectivity index (χ1n) is 6.07. The third-order valence-corrected chi connectivity index (χ3v) is 2.84. The number of likely N-dealkylation sites (tertiary alicyclic amines) is 1. The Morgan fingerprint density at radius 1 is 1.11 bits per heavy atom. The molecule has 1 aliphatic heterocycles. The number of hydrogen-bond donors (Lipinski definition) is 2. The summed E-state index contributed by atoms with van der Waals surface area (Å²) in [6.07, 6.45) is -0.428. The molecular weight excluding hydrogens is 254 g/mol. The Bertz CT molecular complexity index is 386. The molecular formula is C12H19NO6. The van der Waals surface area contributed by atoms with Crippen LogP contribution in [0.3, 0.4) is 0 Å². The maximum absolute atomic E-state index is 11.9. The monoisotopic (exact) mass is 273 g/mol. The van der Waals surface area contributed by atoms with Crippen molar-refractivity contribution in [2.45, 2.75) is 45.3 Å². The first kappa shape index (κ1) is 15.3. The van der Waals surface area contributed by atoms with Crippen molar-refractivity contribution in [1.29, 1.82) is 0 Å². The third-order valence-electron chi connectivity index (χ3n) is 2.84. The number of amides is 1. The Balaban J connectivity index is 2.85. The summed E-state index contributed by atoms with van der Waals surface area (Å²) in [4.78, 5) is 35.0. The molecule has 1 saturated heterocycles. The van der Waals surface area contributed by atoms with Crippen molar-refractivity contribution in [2.75, 3.05) is 6.54 Å². The maximum Gasteiger partial charge on any atom is 0.411 e. The van der Waals surface area contributed by atoms with Crippen molar-refractivity contribution in [3.63, 3.8) is 0 Å². The van der Waals surface area contributed by atoms with Crippen LogP contribution in [0.25, 0.3) is 0 Å². The van der Waals surface area contributed by atoms with E-state index in [0.29, 0.717) is 0 Å². The molecule has 0 radical (unpaired) electrons. The zero-order chi connectivity index (χ0) is 14.8. The summed E-state index contributed by atoms with van der Waals surface area (Å²) >= 11 is 0. The molecule has 1 amide bonds. The number of carbonyl (C=O) groups is 3. The molecule has 0 aromatic carbocycles. The molecule has 0 saturated carbocycles. The molecule has 19 heavy (non-hydrogen) atoms. The second kappa shape index (κ2) is 5.46. The zero-order valence-corrected chi connectivity index (χ0v) is 11.3. The molecule has 7 nitrogen and oxygen atoms in total. The average Bonchev–Trinajstić information content (AvgIpc) is 2.25. The predicted octanol–water partition coefficient (Wildman–Crippen LogP) is 1.17. The van der Waals surface area contributed by atoms with Gasteiger partial charge in [0.25, 0.3) is 0 Å². The van der Waals surface area contributed by atoms with Crippen LogP contribution in [0.4, 0.5) is 4.79 Å². The van der Waals surface area contributed by atoms with E-state index in [4.69, 9.17) is 14.9 Å². The van der Waals surface area contributed by atoms with Gasteiger partial charge in [0.15, 0.2) is 0 Å². The smallest absolute Gasteiger partial charge is 0.411 e. The fourth-order valence-corrected chi connectivity index (χ4v) is 1.95. The topological polar surface area (TPSA) is 104 Å². The van der Waals surface area contributed by atoms with Crippen molar-refractivity contribution in [1.82, 2.24) is 4.90 Å². The molecule has 1 aliphatic rings. The molecule has 0 spiro atoms. The molecule has 2 N–H and O–H groups in total. The number of carbonyl (C=O) groups excluding carboxylic acids is 1. The van der Waals surface area contributed by atoms with Gasteiger partial charge in [-0.15, -0.1) is 0 Å². The Labute approximate surface area is 111 Å². The first-order chi connectivity index (χ1) is 8.61.